The molecule has 0 radical (unpaired) electrons. The Hall–Kier alpha value is -2.63. The Bertz CT molecular complexity index is 1150. The molecule has 0 fully saturated rings. The second kappa shape index (κ2) is 11.6. The molecule has 36 heavy (non-hydrogen) atoms. The van der Waals surface area contributed by atoms with E-state index in [1.807, 2.05) is 0 Å². The molecule has 1 aromatic heterocycles. The van der Waals surface area contributed by atoms with Gasteiger partial charge in [0.05, 0.1) is 35.8 Å². The van der Waals surface area contributed by atoms with E-state index in [1.165, 1.54) is 29.4 Å². The fourth-order valence-corrected chi connectivity index (χ4v) is 5.63. The number of fused-ring (bicyclic) bond motifs is 1. The first kappa shape index (κ1) is 27.9. The predicted octanol–water partition coefficient (Wildman–Crippen LogP) is 5.23. The number of anilines is 2. The maximum absolute atomic E-state index is 13.0. The van der Waals surface area contributed by atoms with E-state index in [0.717, 1.165) is 41.8 Å². The average molecular weight is 546 g/mol. The van der Waals surface area contributed by atoms with Crippen LogP contribution in [0, 0.1) is 5.92 Å². The first-order valence-corrected chi connectivity index (χ1v) is 12.5. The number of likely N-dealkylation sites (N-methyl/N-ethyl adjacent to an activating group) is 1. The van der Waals surface area contributed by atoms with E-state index < -0.39 is 34.5 Å². The molecular weight excluding hydrogens is 519 g/mol. The van der Waals surface area contributed by atoms with Gasteiger partial charge in [-0.05, 0) is 62.9 Å². The third-order valence-corrected chi connectivity index (χ3v) is 7.13. The highest BCUT2D eigenvalue weighted by atomic mass is 35.5. The fourth-order valence-electron chi connectivity index (χ4n) is 3.99. The first-order chi connectivity index (χ1) is 16.9. The number of nitrogens with zero attached hydrogens (tertiary/aromatic N) is 1. The van der Waals surface area contributed by atoms with Gasteiger partial charge in [-0.1, -0.05) is 18.5 Å². The smallest absolute Gasteiger partial charge is 0.417 e. The molecule has 0 saturated carbocycles. The minimum atomic E-state index is -4.66. The van der Waals surface area contributed by atoms with Crippen molar-refractivity contribution in [1.82, 2.24) is 4.90 Å². The Kier molecular flexibility index (Phi) is 9.02. The molecule has 1 aromatic carbocycles. The molecule has 1 heterocycles. The molecule has 2 amide bonds. The van der Waals surface area contributed by atoms with E-state index in [1.54, 1.807) is 6.92 Å². The molecule has 3 rings (SSSR count). The second-order valence-corrected chi connectivity index (χ2v) is 10.2. The molecule has 12 heteroatoms. The summed E-state index contributed by atoms with van der Waals surface area (Å²) in [5.41, 5.74) is 0.189. The van der Waals surface area contributed by atoms with Crippen LogP contribution in [0.2, 0.25) is 5.02 Å². The number of hydrogen-bond acceptors (Lipinski definition) is 6. The van der Waals surface area contributed by atoms with Crippen LogP contribution in [0.4, 0.5) is 23.9 Å². The lowest BCUT2D eigenvalue weighted by molar-refractivity contribution is -0.137. The van der Waals surface area contributed by atoms with Crippen molar-refractivity contribution in [3.8, 4) is 0 Å². The summed E-state index contributed by atoms with van der Waals surface area (Å²) in [7, 11) is 1.52. The molecule has 196 valence electrons. The van der Waals surface area contributed by atoms with Crippen molar-refractivity contribution in [2.24, 2.45) is 5.92 Å². The van der Waals surface area contributed by atoms with Crippen molar-refractivity contribution in [3.05, 3.63) is 44.8 Å². The standard InChI is InChI=1S/C24H27ClF3N3O4S/c1-4-35-23(34)21-15-7-5-13(2)9-18(15)36-22(21)30-20(33)12-31(3)11-19(32)29-14-6-8-17(25)16(10-14)24(26,27)28/h6,8,10,13H,4-5,7,9,11-12H2,1-3H3,(H,29,32)(H,30,33)/t13-/m1/s1. The van der Waals surface area contributed by atoms with Crippen LogP contribution in [0.5, 0.6) is 0 Å². The quantitative estimate of drug-likeness (QED) is 0.443. The monoisotopic (exact) mass is 545 g/mol. The largest absolute Gasteiger partial charge is 0.462 e. The van der Waals surface area contributed by atoms with Gasteiger partial charge in [-0.25, -0.2) is 4.79 Å². The van der Waals surface area contributed by atoms with E-state index >= 15 is 0 Å². The molecule has 0 spiro atoms. The number of benzene rings is 1. The number of ether oxygens (including phenoxy) is 1. The lowest BCUT2D eigenvalue weighted by Gasteiger charge is -2.18. The summed E-state index contributed by atoms with van der Waals surface area (Å²) < 4.78 is 44.3. The van der Waals surface area contributed by atoms with Crippen LogP contribution in [-0.4, -0.2) is 49.4 Å². The van der Waals surface area contributed by atoms with Crippen molar-refractivity contribution < 1.29 is 32.3 Å². The number of thiophene rings is 1. The number of carbonyl (C=O) groups excluding carboxylic acids is 3. The van der Waals surface area contributed by atoms with Crippen molar-refractivity contribution in [2.75, 3.05) is 37.4 Å². The van der Waals surface area contributed by atoms with E-state index in [0.29, 0.717) is 16.5 Å². The number of esters is 1. The highest BCUT2D eigenvalue weighted by Crippen LogP contribution is 2.40. The summed E-state index contributed by atoms with van der Waals surface area (Å²) >= 11 is 6.96. The van der Waals surface area contributed by atoms with Crippen LogP contribution >= 0.6 is 22.9 Å². The van der Waals surface area contributed by atoms with Gasteiger partial charge in [-0.3, -0.25) is 14.5 Å². The van der Waals surface area contributed by atoms with E-state index in [2.05, 4.69) is 17.6 Å². The minimum Gasteiger partial charge on any atom is -0.462 e. The Labute approximate surface area is 215 Å². The molecule has 0 unspecified atom stereocenters. The van der Waals surface area contributed by atoms with Crippen LogP contribution in [-0.2, 0) is 33.3 Å². The number of amides is 2. The molecule has 0 bridgehead atoms. The van der Waals surface area contributed by atoms with Crippen molar-refractivity contribution >= 4 is 51.4 Å². The van der Waals surface area contributed by atoms with Crippen LogP contribution in [0.25, 0.3) is 0 Å². The van der Waals surface area contributed by atoms with Crippen molar-refractivity contribution in [1.29, 1.82) is 0 Å². The lowest BCUT2D eigenvalue weighted by atomic mass is 9.88. The van der Waals surface area contributed by atoms with Gasteiger partial charge in [-0.15, -0.1) is 11.3 Å². The van der Waals surface area contributed by atoms with Gasteiger partial charge >= 0.3 is 12.1 Å². The number of halogens is 4. The first-order valence-electron chi connectivity index (χ1n) is 11.4. The maximum atomic E-state index is 13.0. The van der Waals surface area contributed by atoms with Gasteiger partial charge in [0.25, 0.3) is 0 Å². The van der Waals surface area contributed by atoms with Crippen molar-refractivity contribution in [2.45, 2.75) is 39.3 Å². The number of carbonyl (C=O) groups is 3. The van der Waals surface area contributed by atoms with Crippen LogP contribution < -0.4 is 10.6 Å². The van der Waals surface area contributed by atoms with Gasteiger partial charge in [0, 0.05) is 10.6 Å². The predicted molar refractivity (Wildman–Crippen MR) is 133 cm³/mol. The molecule has 7 nitrogen and oxygen atoms in total. The van der Waals surface area contributed by atoms with Gasteiger partial charge in [0.2, 0.25) is 11.8 Å². The number of hydrogen-bond donors (Lipinski definition) is 2. The summed E-state index contributed by atoms with van der Waals surface area (Å²) in [5.74, 6) is -1.04. The van der Waals surface area contributed by atoms with Crippen LogP contribution in [0.1, 0.15) is 46.6 Å². The molecule has 0 saturated heterocycles. The molecule has 0 aliphatic heterocycles. The van der Waals surface area contributed by atoms with Gasteiger partial charge in [0.1, 0.15) is 5.00 Å². The maximum Gasteiger partial charge on any atom is 0.417 e. The number of nitrogens with one attached hydrogen (secondary N) is 2. The Balaban J connectivity index is 1.63. The third-order valence-electron chi connectivity index (χ3n) is 5.63. The highest BCUT2D eigenvalue weighted by molar-refractivity contribution is 7.17. The zero-order valence-corrected chi connectivity index (χ0v) is 21.6. The highest BCUT2D eigenvalue weighted by Gasteiger charge is 2.33. The summed E-state index contributed by atoms with van der Waals surface area (Å²) in [5, 5.41) is 5.11. The summed E-state index contributed by atoms with van der Waals surface area (Å²) in [4.78, 5) is 40.1. The zero-order chi connectivity index (χ0) is 26.6. The zero-order valence-electron chi connectivity index (χ0n) is 20.1. The third kappa shape index (κ3) is 6.98. The lowest BCUT2D eigenvalue weighted by Crippen LogP contribution is -2.36. The fraction of sp³-hybridized carbons (Fsp3) is 0.458. The summed E-state index contributed by atoms with van der Waals surface area (Å²) in [6.07, 6.45) is -2.16. The van der Waals surface area contributed by atoms with E-state index in [-0.39, 0.29) is 25.4 Å². The normalized spacial score (nSPS) is 15.4. The molecule has 2 N–H and O–H groups in total. The minimum absolute atomic E-state index is 0.0629. The molecule has 2 aromatic rings. The Morgan fingerprint density at radius 2 is 1.86 bits per heavy atom. The molecular formula is C24H27ClF3N3O4S. The van der Waals surface area contributed by atoms with Gasteiger partial charge in [0.15, 0.2) is 0 Å². The average Bonchev–Trinajstić information content (AvgIpc) is 3.10. The van der Waals surface area contributed by atoms with Gasteiger partial charge in [-0.2, -0.15) is 13.2 Å². The Morgan fingerprint density at radius 1 is 1.19 bits per heavy atom. The van der Waals surface area contributed by atoms with Crippen LogP contribution in [0.3, 0.4) is 0 Å². The molecule has 1 aliphatic rings. The molecule has 1 aliphatic carbocycles. The summed E-state index contributed by atoms with van der Waals surface area (Å²) in [6.45, 7) is 3.64. The van der Waals surface area contributed by atoms with Crippen molar-refractivity contribution in [3.63, 3.8) is 0 Å². The topological polar surface area (TPSA) is 87.7 Å². The number of alkyl halides is 3. The molecule has 1 atom stereocenters. The summed E-state index contributed by atoms with van der Waals surface area (Å²) in [6, 6.07) is 3.07. The number of rotatable bonds is 8. The van der Waals surface area contributed by atoms with E-state index in [9.17, 15) is 27.6 Å². The van der Waals surface area contributed by atoms with Crippen LogP contribution in [0.15, 0.2) is 18.2 Å². The second-order valence-electron chi connectivity index (χ2n) is 8.74. The van der Waals surface area contributed by atoms with E-state index in [4.69, 9.17) is 16.3 Å². The Morgan fingerprint density at radius 3 is 2.50 bits per heavy atom. The van der Waals surface area contributed by atoms with Gasteiger partial charge < -0.3 is 15.4 Å². The SMILES string of the molecule is CCOC(=O)c1c(NC(=O)CN(C)CC(=O)Nc2ccc(Cl)c(C(F)(F)F)c2)sc2c1CC[C@@H](C)C2.